The van der Waals surface area contributed by atoms with Crippen LogP contribution in [-0.2, 0) is 0 Å². The zero-order valence-corrected chi connectivity index (χ0v) is 11.9. The van der Waals surface area contributed by atoms with Crippen LogP contribution < -0.4 is 9.47 Å². The summed E-state index contributed by atoms with van der Waals surface area (Å²) >= 11 is 0. The number of rotatable bonds is 5. The monoisotopic (exact) mass is 319 g/mol. The number of methoxy groups -OCH3 is 1. The molecule has 2 aromatic heterocycles. The molecule has 0 atom stereocenters. The Labute approximate surface area is 129 Å². The van der Waals surface area contributed by atoms with Gasteiger partial charge in [0.1, 0.15) is 11.4 Å². The van der Waals surface area contributed by atoms with Gasteiger partial charge in [-0.15, -0.1) is 0 Å². The van der Waals surface area contributed by atoms with Crippen LogP contribution in [0.15, 0.2) is 47.2 Å². The lowest BCUT2D eigenvalue weighted by Gasteiger charge is -2.07. The molecule has 0 aliphatic carbocycles. The molecule has 3 rings (SSSR count). The Hall–Kier alpha value is -3.03. The molecule has 0 fully saturated rings. The van der Waals surface area contributed by atoms with Crippen molar-refractivity contribution in [2.45, 2.75) is 6.43 Å². The first-order chi connectivity index (χ1) is 11.2. The molecule has 0 spiro atoms. The Bertz CT molecular complexity index is 791. The molecule has 23 heavy (non-hydrogen) atoms. The van der Waals surface area contributed by atoms with E-state index in [-0.39, 0.29) is 11.8 Å². The number of aromatic nitrogens is 3. The van der Waals surface area contributed by atoms with Crippen LogP contribution in [0.5, 0.6) is 17.5 Å². The molecular weight excluding hydrogens is 308 g/mol. The molecule has 0 saturated carbocycles. The van der Waals surface area contributed by atoms with E-state index in [2.05, 4.69) is 15.1 Å². The number of halogens is 2. The lowest BCUT2D eigenvalue weighted by Crippen LogP contribution is -1.94. The van der Waals surface area contributed by atoms with Crippen LogP contribution in [0.4, 0.5) is 8.78 Å². The fourth-order valence-corrected chi connectivity index (χ4v) is 1.84. The van der Waals surface area contributed by atoms with E-state index in [4.69, 9.17) is 14.0 Å². The number of nitrogens with zero attached hydrogens (tertiary/aromatic N) is 3. The Morgan fingerprint density at radius 3 is 2.52 bits per heavy atom. The minimum absolute atomic E-state index is 0.0897. The lowest BCUT2D eigenvalue weighted by atomic mass is 10.1. The van der Waals surface area contributed by atoms with E-state index in [9.17, 15) is 8.78 Å². The van der Waals surface area contributed by atoms with E-state index in [0.29, 0.717) is 17.1 Å². The average molecular weight is 319 g/mol. The Morgan fingerprint density at radius 1 is 1.13 bits per heavy atom. The van der Waals surface area contributed by atoms with Crippen molar-refractivity contribution in [3.8, 4) is 28.8 Å². The molecule has 6 nitrogen and oxygen atoms in total. The maximum Gasteiger partial charge on any atom is 0.322 e. The summed E-state index contributed by atoms with van der Waals surface area (Å²) in [6, 6.07) is 8.02. The van der Waals surface area contributed by atoms with E-state index in [1.165, 1.54) is 25.6 Å². The Morgan fingerprint density at radius 2 is 1.87 bits per heavy atom. The van der Waals surface area contributed by atoms with Gasteiger partial charge in [0.2, 0.25) is 0 Å². The molecule has 0 amide bonds. The Kier molecular flexibility index (Phi) is 4.13. The van der Waals surface area contributed by atoms with Crippen molar-refractivity contribution in [3.05, 3.63) is 48.4 Å². The van der Waals surface area contributed by atoms with E-state index < -0.39 is 12.1 Å². The van der Waals surface area contributed by atoms with Crippen LogP contribution in [0.25, 0.3) is 11.3 Å². The van der Waals surface area contributed by atoms with Crippen molar-refractivity contribution >= 4 is 0 Å². The highest BCUT2D eigenvalue weighted by Crippen LogP contribution is 2.34. The van der Waals surface area contributed by atoms with Crippen molar-refractivity contribution in [2.75, 3.05) is 7.11 Å². The summed E-state index contributed by atoms with van der Waals surface area (Å²) in [5.74, 6) is 1.02. The van der Waals surface area contributed by atoms with Gasteiger partial charge in [0.25, 0.3) is 6.43 Å². The van der Waals surface area contributed by atoms with E-state index in [1.807, 2.05) is 0 Å². The third-order valence-electron chi connectivity index (χ3n) is 2.95. The van der Waals surface area contributed by atoms with Gasteiger partial charge in [-0.2, -0.15) is 9.97 Å². The minimum Gasteiger partial charge on any atom is -0.494 e. The Balaban J connectivity index is 1.90. The second-order valence-corrected chi connectivity index (χ2v) is 4.42. The van der Waals surface area contributed by atoms with Crippen LogP contribution in [0, 0.1) is 0 Å². The van der Waals surface area contributed by atoms with E-state index >= 15 is 0 Å². The fraction of sp³-hybridized carbons (Fsp3) is 0.133. The van der Waals surface area contributed by atoms with Crippen molar-refractivity contribution in [2.24, 2.45) is 0 Å². The third-order valence-corrected chi connectivity index (χ3v) is 2.95. The van der Waals surface area contributed by atoms with Crippen molar-refractivity contribution in [1.29, 1.82) is 0 Å². The highest BCUT2D eigenvalue weighted by molar-refractivity contribution is 5.66. The maximum absolute atomic E-state index is 12.6. The molecule has 2 heterocycles. The molecule has 3 aromatic rings. The molecular formula is C15H11F2N3O3. The third kappa shape index (κ3) is 3.25. The summed E-state index contributed by atoms with van der Waals surface area (Å²) in [6.45, 7) is 0. The molecule has 118 valence electrons. The van der Waals surface area contributed by atoms with Gasteiger partial charge >= 0.3 is 6.01 Å². The van der Waals surface area contributed by atoms with E-state index in [1.54, 1.807) is 24.3 Å². The number of hydrogen-bond donors (Lipinski definition) is 0. The topological polar surface area (TPSA) is 70.3 Å². The average Bonchev–Trinajstić information content (AvgIpc) is 3.06. The second-order valence-electron chi connectivity index (χ2n) is 4.42. The first kappa shape index (κ1) is 14.9. The molecule has 0 unspecified atom stereocenters. The summed E-state index contributed by atoms with van der Waals surface area (Å²) in [5.41, 5.74) is 0.0295. The number of benzene rings is 1. The lowest BCUT2D eigenvalue weighted by molar-refractivity contribution is 0.140. The van der Waals surface area contributed by atoms with Crippen LogP contribution in [0.1, 0.15) is 12.1 Å². The predicted molar refractivity (Wildman–Crippen MR) is 75.6 cm³/mol. The molecule has 8 heteroatoms. The summed E-state index contributed by atoms with van der Waals surface area (Å²) < 4.78 is 40.8. The van der Waals surface area contributed by atoms with Crippen LogP contribution >= 0.6 is 0 Å². The number of hydrogen-bond acceptors (Lipinski definition) is 6. The first-order valence-electron chi connectivity index (χ1n) is 6.55. The summed E-state index contributed by atoms with van der Waals surface area (Å²) in [7, 11) is 1.50. The van der Waals surface area contributed by atoms with Gasteiger partial charge in [-0.3, -0.25) is 0 Å². The van der Waals surface area contributed by atoms with Crippen LogP contribution in [0.2, 0.25) is 0 Å². The van der Waals surface area contributed by atoms with Crippen molar-refractivity contribution in [1.82, 2.24) is 15.1 Å². The SMILES string of the molecule is COc1cnc(Oc2ccccc2-c2cc(C(F)F)no2)nc1. The molecule has 0 aliphatic rings. The van der Waals surface area contributed by atoms with Gasteiger partial charge in [-0.1, -0.05) is 17.3 Å². The van der Waals surface area contributed by atoms with E-state index in [0.717, 1.165) is 0 Å². The number of ether oxygens (including phenoxy) is 2. The fourth-order valence-electron chi connectivity index (χ4n) is 1.84. The van der Waals surface area contributed by atoms with Crippen molar-refractivity contribution < 1.29 is 22.8 Å². The number of para-hydroxylation sites is 1. The highest BCUT2D eigenvalue weighted by Gasteiger charge is 2.17. The largest absolute Gasteiger partial charge is 0.494 e. The normalized spacial score (nSPS) is 10.8. The quantitative estimate of drug-likeness (QED) is 0.711. The molecule has 1 aromatic carbocycles. The predicted octanol–water partition coefficient (Wildman–Crippen LogP) is 3.87. The standard InChI is InChI=1S/C15H11F2N3O3/c1-21-9-7-18-15(19-8-9)22-12-5-3-2-4-10(12)13-6-11(14(16)17)20-23-13/h2-8,14H,1H3. The van der Waals surface area contributed by atoms with Gasteiger partial charge in [-0.05, 0) is 12.1 Å². The smallest absolute Gasteiger partial charge is 0.322 e. The zero-order chi connectivity index (χ0) is 16.2. The molecule has 0 radical (unpaired) electrons. The first-order valence-corrected chi connectivity index (χ1v) is 6.55. The van der Waals surface area contributed by atoms with Gasteiger partial charge in [0.05, 0.1) is 25.1 Å². The molecule has 0 N–H and O–H groups in total. The minimum atomic E-state index is -2.70. The van der Waals surface area contributed by atoms with Gasteiger partial charge in [0.15, 0.2) is 11.5 Å². The second kappa shape index (κ2) is 6.39. The summed E-state index contributed by atoms with van der Waals surface area (Å²) in [5, 5.41) is 3.33. The highest BCUT2D eigenvalue weighted by atomic mass is 19.3. The summed E-state index contributed by atoms with van der Waals surface area (Å²) in [6.07, 6.45) is 0.202. The summed E-state index contributed by atoms with van der Waals surface area (Å²) in [4.78, 5) is 7.98. The maximum atomic E-state index is 12.6. The van der Waals surface area contributed by atoms with Gasteiger partial charge in [-0.25, -0.2) is 8.78 Å². The van der Waals surface area contributed by atoms with Gasteiger partial charge in [0, 0.05) is 6.07 Å². The number of alkyl halides is 2. The zero-order valence-electron chi connectivity index (χ0n) is 11.9. The van der Waals surface area contributed by atoms with Crippen LogP contribution in [0.3, 0.4) is 0 Å². The van der Waals surface area contributed by atoms with Gasteiger partial charge < -0.3 is 14.0 Å². The molecule has 0 saturated heterocycles. The molecule has 0 bridgehead atoms. The molecule has 0 aliphatic heterocycles. The van der Waals surface area contributed by atoms with Crippen LogP contribution in [-0.4, -0.2) is 22.2 Å². The van der Waals surface area contributed by atoms with Crippen molar-refractivity contribution in [3.63, 3.8) is 0 Å².